The lowest BCUT2D eigenvalue weighted by Crippen LogP contribution is -2.38. The zero-order chi connectivity index (χ0) is 26.6. The molecule has 0 aromatic heterocycles. The highest BCUT2D eigenvalue weighted by atomic mass is 16.5. The molecule has 0 saturated carbocycles. The van der Waals surface area contributed by atoms with Gasteiger partial charge in [0.05, 0.1) is 23.6 Å². The van der Waals surface area contributed by atoms with Crippen LogP contribution in [0.4, 0.5) is 11.4 Å². The molecule has 0 aliphatic carbocycles. The van der Waals surface area contributed by atoms with Crippen LogP contribution >= 0.6 is 0 Å². The summed E-state index contributed by atoms with van der Waals surface area (Å²) in [4.78, 5) is 33.0. The number of rotatable bonds is 7. The Kier molecular flexibility index (Phi) is 7.70. The molecule has 196 valence electrons. The van der Waals surface area contributed by atoms with Crippen LogP contribution in [-0.4, -0.2) is 42.2 Å². The molecule has 38 heavy (non-hydrogen) atoms. The minimum Gasteiger partial charge on any atom is -0.462 e. The second-order valence-corrected chi connectivity index (χ2v) is 10.6. The van der Waals surface area contributed by atoms with Crippen LogP contribution in [0.2, 0.25) is 0 Å². The Hall–Kier alpha value is -3.77. The van der Waals surface area contributed by atoms with Crippen LogP contribution in [0.1, 0.15) is 60.2 Å². The number of nitrogens with one attached hydrogen (secondary N) is 1. The third-order valence-electron chi connectivity index (χ3n) is 7.28. The summed E-state index contributed by atoms with van der Waals surface area (Å²) in [5.74, 6) is 0.307. The minimum atomic E-state index is -0.584. The van der Waals surface area contributed by atoms with Gasteiger partial charge in [-0.15, -0.1) is 0 Å². The number of nitrogens with zero attached hydrogens (tertiary/aromatic N) is 2. The molecule has 2 heterocycles. The first-order chi connectivity index (χ1) is 18.4. The number of benzene rings is 3. The lowest BCUT2D eigenvalue weighted by molar-refractivity contribution is -0.115. The summed E-state index contributed by atoms with van der Waals surface area (Å²) in [7, 11) is 0. The Labute approximate surface area is 224 Å². The summed E-state index contributed by atoms with van der Waals surface area (Å²) in [6, 6.07) is 23.4. The fourth-order valence-electron chi connectivity index (χ4n) is 5.77. The Balaban J connectivity index is 1.44. The first-order valence-corrected chi connectivity index (χ1v) is 13.5. The molecule has 5 rings (SSSR count). The summed E-state index contributed by atoms with van der Waals surface area (Å²) in [5.41, 5.74) is 5.47. The van der Waals surface area contributed by atoms with E-state index in [9.17, 15) is 9.59 Å². The number of esters is 1. The Morgan fingerprint density at radius 2 is 1.68 bits per heavy atom. The Bertz CT molecular complexity index is 1320. The van der Waals surface area contributed by atoms with Crippen LogP contribution in [0.5, 0.6) is 0 Å². The van der Waals surface area contributed by atoms with E-state index in [4.69, 9.17) is 9.73 Å². The lowest BCUT2D eigenvalue weighted by Gasteiger charge is -2.35. The van der Waals surface area contributed by atoms with E-state index < -0.39 is 11.9 Å². The van der Waals surface area contributed by atoms with Crippen molar-refractivity contribution in [1.29, 1.82) is 0 Å². The van der Waals surface area contributed by atoms with Crippen LogP contribution in [0.25, 0.3) is 0 Å². The van der Waals surface area contributed by atoms with Gasteiger partial charge in [0, 0.05) is 25.3 Å². The molecule has 0 bridgehead atoms. The van der Waals surface area contributed by atoms with E-state index in [1.807, 2.05) is 48.5 Å². The molecule has 3 aromatic carbocycles. The van der Waals surface area contributed by atoms with Crippen molar-refractivity contribution in [3.63, 3.8) is 0 Å². The summed E-state index contributed by atoms with van der Waals surface area (Å²) in [6.07, 6.45) is 1.30. The van der Waals surface area contributed by atoms with Gasteiger partial charge in [-0.1, -0.05) is 62.4 Å². The minimum absolute atomic E-state index is 0.159. The highest BCUT2D eigenvalue weighted by Gasteiger charge is 2.36. The van der Waals surface area contributed by atoms with Crippen molar-refractivity contribution in [3.8, 4) is 0 Å². The topological polar surface area (TPSA) is 71.0 Å². The molecule has 6 nitrogen and oxygen atoms in total. The van der Waals surface area contributed by atoms with Gasteiger partial charge in [-0.2, -0.15) is 0 Å². The zero-order valence-corrected chi connectivity index (χ0v) is 22.3. The SMILES string of the molecule is CCOC(=O)c1ccc2c(c1)NC(=O)C2C(=Nc1ccc(CN2CC(C)CC(C)C2)cc1)c1ccccc1. The van der Waals surface area contributed by atoms with E-state index in [-0.39, 0.29) is 5.91 Å². The molecule has 1 amide bonds. The number of aliphatic imine (C=N–C) groups is 1. The van der Waals surface area contributed by atoms with Crippen molar-refractivity contribution in [2.24, 2.45) is 16.8 Å². The van der Waals surface area contributed by atoms with Crippen molar-refractivity contribution in [2.45, 2.75) is 39.7 Å². The van der Waals surface area contributed by atoms with Gasteiger partial charge in [0.25, 0.3) is 0 Å². The molecule has 6 heteroatoms. The quantitative estimate of drug-likeness (QED) is 0.304. The van der Waals surface area contributed by atoms with Gasteiger partial charge in [-0.05, 0) is 66.1 Å². The zero-order valence-electron chi connectivity index (χ0n) is 22.3. The molecule has 3 aromatic rings. The first-order valence-electron chi connectivity index (χ1n) is 13.5. The normalized spacial score (nSPS) is 21.6. The van der Waals surface area contributed by atoms with Gasteiger partial charge >= 0.3 is 5.97 Å². The second kappa shape index (κ2) is 11.3. The van der Waals surface area contributed by atoms with Crippen molar-refractivity contribution in [1.82, 2.24) is 4.90 Å². The van der Waals surface area contributed by atoms with Crippen LogP contribution in [0.3, 0.4) is 0 Å². The second-order valence-electron chi connectivity index (χ2n) is 10.6. The summed E-state index contributed by atoms with van der Waals surface area (Å²) in [5, 5.41) is 2.95. The van der Waals surface area contributed by atoms with E-state index in [0.29, 0.717) is 23.6 Å². The number of ether oxygens (including phenoxy) is 1. The van der Waals surface area contributed by atoms with Crippen molar-refractivity contribution in [2.75, 3.05) is 25.0 Å². The van der Waals surface area contributed by atoms with E-state index in [0.717, 1.165) is 48.3 Å². The highest BCUT2D eigenvalue weighted by Crippen LogP contribution is 2.37. The monoisotopic (exact) mass is 509 g/mol. The average molecular weight is 510 g/mol. The summed E-state index contributed by atoms with van der Waals surface area (Å²) in [6.45, 7) is 9.94. The number of hydrogen-bond acceptors (Lipinski definition) is 5. The molecule has 3 unspecified atom stereocenters. The first kappa shape index (κ1) is 25.9. The maximum Gasteiger partial charge on any atom is 0.338 e. The number of hydrogen-bond donors (Lipinski definition) is 1. The number of carbonyl (C=O) groups excluding carboxylic acids is 2. The third-order valence-corrected chi connectivity index (χ3v) is 7.28. The largest absolute Gasteiger partial charge is 0.462 e. The molecule has 1 saturated heterocycles. The molecule has 3 atom stereocenters. The third kappa shape index (κ3) is 5.70. The van der Waals surface area contributed by atoms with Gasteiger partial charge in [-0.3, -0.25) is 14.7 Å². The molecular formula is C32H35N3O3. The standard InChI is InChI=1S/C32H35N3O3/c1-4-38-32(37)25-12-15-27-28(17-25)34-31(36)29(27)30(24-8-6-5-7-9-24)33-26-13-10-23(11-14-26)20-35-18-21(2)16-22(3)19-35/h5-15,17,21-22,29H,4,16,18-20H2,1-3H3,(H,34,36). The van der Waals surface area contributed by atoms with E-state index >= 15 is 0 Å². The molecule has 0 radical (unpaired) electrons. The molecule has 0 spiro atoms. The van der Waals surface area contributed by atoms with Crippen molar-refractivity contribution < 1.29 is 14.3 Å². The van der Waals surface area contributed by atoms with Crippen molar-refractivity contribution in [3.05, 3.63) is 95.1 Å². The number of likely N-dealkylation sites (tertiary alicyclic amines) is 1. The van der Waals surface area contributed by atoms with Gasteiger partial charge in [0.15, 0.2) is 0 Å². The number of amides is 1. The van der Waals surface area contributed by atoms with Crippen LogP contribution in [-0.2, 0) is 16.1 Å². The fraction of sp³-hybridized carbons (Fsp3) is 0.344. The maximum atomic E-state index is 13.3. The summed E-state index contributed by atoms with van der Waals surface area (Å²) < 4.78 is 5.13. The van der Waals surface area contributed by atoms with E-state index in [1.165, 1.54) is 12.0 Å². The smallest absolute Gasteiger partial charge is 0.338 e. The van der Waals surface area contributed by atoms with Gasteiger partial charge in [-0.25, -0.2) is 4.79 Å². The maximum absolute atomic E-state index is 13.3. The van der Waals surface area contributed by atoms with Crippen molar-refractivity contribution >= 4 is 29.0 Å². The highest BCUT2D eigenvalue weighted by molar-refractivity contribution is 6.24. The molecular weight excluding hydrogens is 474 g/mol. The Morgan fingerprint density at radius 3 is 2.37 bits per heavy atom. The molecule has 2 aliphatic rings. The predicted octanol–water partition coefficient (Wildman–Crippen LogP) is 6.20. The number of piperidine rings is 1. The van der Waals surface area contributed by atoms with E-state index in [1.54, 1.807) is 19.1 Å². The molecule has 1 N–H and O–H groups in total. The van der Waals surface area contributed by atoms with Gasteiger partial charge in [0.2, 0.25) is 5.91 Å². The lowest BCUT2D eigenvalue weighted by atomic mass is 9.90. The van der Waals surface area contributed by atoms with Gasteiger partial charge in [0.1, 0.15) is 5.92 Å². The number of carbonyl (C=O) groups is 2. The van der Waals surface area contributed by atoms with E-state index in [2.05, 4.69) is 36.2 Å². The molecule has 2 aliphatic heterocycles. The Morgan fingerprint density at radius 1 is 0.974 bits per heavy atom. The van der Waals surface area contributed by atoms with Crippen LogP contribution < -0.4 is 5.32 Å². The van der Waals surface area contributed by atoms with Crippen LogP contribution in [0, 0.1) is 11.8 Å². The summed E-state index contributed by atoms with van der Waals surface area (Å²) >= 11 is 0. The van der Waals surface area contributed by atoms with Crippen LogP contribution in [0.15, 0.2) is 77.8 Å². The fourth-order valence-corrected chi connectivity index (χ4v) is 5.77. The number of fused-ring (bicyclic) bond motifs is 1. The molecule has 1 fully saturated rings. The predicted molar refractivity (Wildman–Crippen MR) is 151 cm³/mol. The number of anilines is 1. The van der Waals surface area contributed by atoms with Gasteiger partial charge < -0.3 is 10.1 Å². The average Bonchev–Trinajstić information content (AvgIpc) is 3.23.